The Morgan fingerprint density at radius 2 is 2.24 bits per heavy atom. The van der Waals surface area contributed by atoms with Gasteiger partial charge in [-0.15, -0.1) is 0 Å². The number of carbonyl (C=O) groups excluding carboxylic acids is 1. The molecule has 1 aromatic heterocycles. The fraction of sp³-hybridized carbons (Fsp3) is 0.500. The second kappa shape index (κ2) is 6.61. The Labute approximate surface area is 125 Å². The monoisotopic (exact) mass is 290 g/mol. The molecule has 0 aliphatic carbocycles. The smallest absolute Gasteiger partial charge is 0.250 e. The average molecular weight is 290 g/mol. The molecule has 5 nitrogen and oxygen atoms in total. The fourth-order valence-electron chi connectivity index (χ4n) is 1.92. The maximum absolute atomic E-state index is 11.9. The third kappa shape index (κ3) is 5.10. The predicted molar refractivity (Wildman–Crippen MR) is 79.7 cm³/mol. The van der Waals surface area contributed by atoms with E-state index < -0.39 is 0 Å². The van der Waals surface area contributed by atoms with Crippen LogP contribution in [0.15, 0.2) is 30.2 Å². The van der Waals surface area contributed by atoms with Crippen LogP contribution in [0.4, 0.5) is 0 Å². The zero-order chi connectivity index (χ0) is 15.3. The van der Waals surface area contributed by atoms with Gasteiger partial charge in [0.25, 0.3) is 5.91 Å². The summed E-state index contributed by atoms with van der Waals surface area (Å²) >= 11 is 0. The Hall–Kier alpha value is -2.04. The van der Waals surface area contributed by atoms with E-state index in [9.17, 15) is 4.79 Å². The van der Waals surface area contributed by atoms with Gasteiger partial charge in [-0.05, 0) is 39.2 Å². The molecule has 1 aromatic rings. The minimum atomic E-state index is -0.268. The van der Waals surface area contributed by atoms with Gasteiger partial charge in [0, 0.05) is 18.8 Å². The molecule has 0 radical (unpaired) electrons. The van der Waals surface area contributed by atoms with E-state index in [1.807, 2.05) is 32.9 Å². The quantitative estimate of drug-likeness (QED) is 0.926. The standard InChI is InChI=1S/C16H22N2O3/c1-16(2,3)21-14-7-6-12(9-17-14)10-18-15(19)13-5-4-8-20-11-13/h6-7,9,11H,4-5,8,10H2,1-3H3,(H,18,19). The molecule has 0 spiro atoms. The SMILES string of the molecule is CC(C)(C)Oc1ccc(CNC(=O)C2=COCCC2)cn1. The first-order valence-corrected chi connectivity index (χ1v) is 7.17. The van der Waals surface area contributed by atoms with Crippen LogP contribution in [-0.2, 0) is 16.1 Å². The number of pyridine rings is 1. The van der Waals surface area contributed by atoms with Gasteiger partial charge in [0.2, 0.25) is 5.88 Å². The van der Waals surface area contributed by atoms with Gasteiger partial charge in [0.05, 0.1) is 18.4 Å². The van der Waals surface area contributed by atoms with Crippen molar-refractivity contribution in [3.05, 3.63) is 35.7 Å². The molecule has 114 valence electrons. The molecule has 1 amide bonds. The number of nitrogens with zero attached hydrogens (tertiary/aromatic N) is 1. The van der Waals surface area contributed by atoms with Gasteiger partial charge in [-0.3, -0.25) is 4.79 Å². The first kappa shape index (κ1) is 15.4. The van der Waals surface area contributed by atoms with Crippen molar-refractivity contribution in [3.8, 4) is 5.88 Å². The highest BCUT2D eigenvalue weighted by Crippen LogP contribution is 2.15. The van der Waals surface area contributed by atoms with Crippen LogP contribution in [-0.4, -0.2) is 23.1 Å². The van der Waals surface area contributed by atoms with Crippen LogP contribution in [0.5, 0.6) is 5.88 Å². The van der Waals surface area contributed by atoms with Gasteiger partial charge < -0.3 is 14.8 Å². The maximum Gasteiger partial charge on any atom is 0.250 e. The van der Waals surface area contributed by atoms with Crippen molar-refractivity contribution in [2.24, 2.45) is 0 Å². The van der Waals surface area contributed by atoms with Crippen molar-refractivity contribution in [2.75, 3.05) is 6.61 Å². The number of amides is 1. The van der Waals surface area contributed by atoms with Crippen LogP contribution in [0, 0.1) is 0 Å². The molecule has 0 atom stereocenters. The second-order valence-corrected chi connectivity index (χ2v) is 6.02. The van der Waals surface area contributed by atoms with Crippen LogP contribution in [0.3, 0.4) is 0 Å². The zero-order valence-electron chi connectivity index (χ0n) is 12.8. The molecule has 0 fully saturated rings. The largest absolute Gasteiger partial charge is 0.501 e. The maximum atomic E-state index is 11.9. The summed E-state index contributed by atoms with van der Waals surface area (Å²) in [5.41, 5.74) is 1.36. The third-order valence-electron chi connectivity index (χ3n) is 2.89. The molecule has 0 saturated heterocycles. The Kier molecular flexibility index (Phi) is 4.83. The van der Waals surface area contributed by atoms with Gasteiger partial charge in [0.1, 0.15) is 5.60 Å². The fourth-order valence-corrected chi connectivity index (χ4v) is 1.92. The van der Waals surface area contributed by atoms with E-state index in [2.05, 4.69) is 10.3 Å². The second-order valence-electron chi connectivity index (χ2n) is 6.02. The number of hydrogen-bond donors (Lipinski definition) is 1. The highest BCUT2D eigenvalue weighted by atomic mass is 16.5. The van der Waals surface area contributed by atoms with E-state index in [1.165, 1.54) is 0 Å². The lowest BCUT2D eigenvalue weighted by molar-refractivity contribution is -0.118. The van der Waals surface area contributed by atoms with Gasteiger partial charge in [-0.1, -0.05) is 6.07 Å². The van der Waals surface area contributed by atoms with E-state index in [0.717, 1.165) is 18.4 Å². The van der Waals surface area contributed by atoms with Crippen LogP contribution < -0.4 is 10.1 Å². The highest BCUT2D eigenvalue weighted by Gasteiger charge is 2.14. The molecule has 1 N–H and O–H groups in total. The molecule has 5 heteroatoms. The summed E-state index contributed by atoms with van der Waals surface area (Å²) in [7, 11) is 0. The van der Waals surface area contributed by atoms with Crippen LogP contribution in [0.25, 0.3) is 0 Å². The summed E-state index contributed by atoms with van der Waals surface area (Å²) in [6.45, 7) is 7.06. The molecular formula is C16H22N2O3. The van der Waals surface area contributed by atoms with Crippen molar-refractivity contribution in [2.45, 2.75) is 45.8 Å². The van der Waals surface area contributed by atoms with E-state index in [1.54, 1.807) is 12.5 Å². The molecule has 0 aromatic carbocycles. The summed E-state index contributed by atoms with van der Waals surface area (Å²) in [5.74, 6) is 0.505. The van der Waals surface area contributed by atoms with Crippen LogP contribution in [0.1, 0.15) is 39.2 Å². The molecule has 0 saturated carbocycles. The number of hydrogen-bond acceptors (Lipinski definition) is 4. The Morgan fingerprint density at radius 1 is 1.43 bits per heavy atom. The first-order chi connectivity index (χ1) is 9.94. The van der Waals surface area contributed by atoms with E-state index >= 15 is 0 Å². The normalized spacial score (nSPS) is 14.9. The molecule has 2 rings (SSSR count). The molecule has 0 unspecified atom stereocenters. The first-order valence-electron chi connectivity index (χ1n) is 7.17. The predicted octanol–water partition coefficient (Wildman–Crippen LogP) is 2.57. The highest BCUT2D eigenvalue weighted by molar-refractivity contribution is 5.93. The number of rotatable bonds is 4. The topological polar surface area (TPSA) is 60.5 Å². The molecular weight excluding hydrogens is 268 g/mol. The summed E-state index contributed by atoms with van der Waals surface area (Å²) < 4.78 is 10.8. The number of ether oxygens (including phenoxy) is 2. The molecule has 21 heavy (non-hydrogen) atoms. The van der Waals surface area contributed by atoms with Crippen molar-refractivity contribution in [1.82, 2.24) is 10.3 Å². The average Bonchev–Trinajstić information content (AvgIpc) is 2.45. The van der Waals surface area contributed by atoms with Crippen molar-refractivity contribution in [3.63, 3.8) is 0 Å². The van der Waals surface area contributed by atoms with Gasteiger partial charge in [-0.2, -0.15) is 0 Å². The van der Waals surface area contributed by atoms with Crippen molar-refractivity contribution >= 4 is 5.91 Å². The molecule has 1 aliphatic heterocycles. The summed E-state index contributed by atoms with van der Waals surface area (Å²) in [6.07, 6.45) is 4.92. The Balaban J connectivity index is 1.86. The zero-order valence-corrected chi connectivity index (χ0v) is 12.8. The molecule has 1 aliphatic rings. The Bertz CT molecular complexity index is 515. The summed E-state index contributed by atoms with van der Waals surface area (Å²) in [4.78, 5) is 16.2. The number of nitrogens with one attached hydrogen (secondary N) is 1. The van der Waals surface area contributed by atoms with Crippen molar-refractivity contribution in [1.29, 1.82) is 0 Å². The van der Waals surface area contributed by atoms with E-state index in [-0.39, 0.29) is 11.5 Å². The van der Waals surface area contributed by atoms with Gasteiger partial charge in [0.15, 0.2) is 0 Å². The molecule has 0 bridgehead atoms. The lowest BCUT2D eigenvalue weighted by atomic mass is 10.1. The lowest BCUT2D eigenvalue weighted by Crippen LogP contribution is -2.26. The number of carbonyl (C=O) groups is 1. The molecule has 2 heterocycles. The van der Waals surface area contributed by atoms with Crippen LogP contribution in [0.2, 0.25) is 0 Å². The minimum absolute atomic E-state index is 0.0790. The Morgan fingerprint density at radius 3 is 2.81 bits per heavy atom. The summed E-state index contributed by atoms with van der Waals surface area (Å²) in [6, 6.07) is 3.72. The van der Waals surface area contributed by atoms with Crippen molar-refractivity contribution < 1.29 is 14.3 Å². The summed E-state index contributed by atoms with van der Waals surface area (Å²) in [5, 5.41) is 2.87. The van der Waals surface area contributed by atoms with E-state index in [0.29, 0.717) is 24.6 Å². The van der Waals surface area contributed by atoms with E-state index in [4.69, 9.17) is 9.47 Å². The van der Waals surface area contributed by atoms with Crippen LogP contribution >= 0.6 is 0 Å². The number of aromatic nitrogens is 1. The van der Waals surface area contributed by atoms with Gasteiger partial charge in [-0.25, -0.2) is 4.98 Å². The minimum Gasteiger partial charge on any atom is -0.501 e. The lowest BCUT2D eigenvalue weighted by Gasteiger charge is -2.20. The van der Waals surface area contributed by atoms with Gasteiger partial charge >= 0.3 is 0 Å². The third-order valence-corrected chi connectivity index (χ3v) is 2.89.